The summed E-state index contributed by atoms with van der Waals surface area (Å²) in [6, 6.07) is 10.3. The third kappa shape index (κ3) is 5.01. The maximum atomic E-state index is 12.9. The van der Waals surface area contributed by atoms with Crippen LogP contribution in [0.15, 0.2) is 55.0 Å². The summed E-state index contributed by atoms with van der Waals surface area (Å²) in [7, 11) is 0. The predicted molar refractivity (Wildman–Crippen MR) is 100 cm³/mol. The highest BCUT2D eigenvalue weighted by Crippen LogP contribution is 2.37. The maximum Gasteiger partial charge on any atom is 0.387 e. The number of nitrogens with zero attached hydrogens (tertiary/aromatic N) is 2. The maximum absolute atomic E-state index is 12.9. The van der Waals surface area contributed by atoms with Gasteiger partial charge in [0.15, 0.2) is 12.4 Å². The van der Waals surface area contributed by atoms with Gasteiger partial charge in [0, 0.05) is 34.7 Å². The Bertz CT molecular complexity index is 868. The van der Waals surface area contributed by atoms with Crippen molar-refractivity contribution in [2.45, 2.75) is 38.7 Å². The van der Waals surface area contributed by atoms with E-state index in [2.05, 4.69) is 11.9 Å². The zero-order valence-electron chi connectivity index (χ0n) is 14.8. The van der Waals surface area contributed by atoms with Crippen LogP contribution in [0.3, 0.4) is 0 Å². The molecule has 0 bridgehead atoms. The Morgan fingerprint density at radius 3 is 2.63 bits per heavy atom. The Hall–Kier alpha value is -2.54. The molecular formula is C20H20F2N2O2S. The zero-order valence-corrected chi connectivity index (χ0v) is 15.7. The Kier molecular flexibility index (Phi) is 6.34. The zero-order chi connectivity index (χ0) is 19.2. The summed E-state index contributed by atoms with van der Waals surface area (Å²) in [5.41, 5.74) is 1.58. The summed E-state index contributed by atoms with van der Waals surface area (Å²) in [6.45, 7) is -0.792. The fourth-order valence-corrected chi connectivity index (χ4v) is 4.10. The summed E-state index contributed by atoms with van der Waals surface area (Å²) in [6.07, 6.45) is 7.19. The van der Waals surface area contributed by atoms with Gasteiger partial charge in [0.1, 0.15) is 10.8 Å². The number of aromatic nitrogens is 2. The Morgan fingerprint density at radius 1 is 1.19 bits per heavy atom. The van der Waals surface area contributed by atoms with Crippen LogP contribution in [0.1, 0.15) is 40.3 Å². The standard InChI is InChI=1S/C20H20F2N2O2S/c1-2-5-15-13-23-19(27-15)17(12-14-8-10-24(25)11-9-14)16-6-3-4-7-18(16)26-20(21)22/h3-4,6-11,13,17,20H,2,5,12H2,1H3. The van der Waals surface area contributed by atoms with Crippen LogP contribution in [0, 0.1) is 5.21 Å². The first-order valence-electron chi connectivity index (χ1n) is 8.73. The topological polar surface area (TPSA) is 49.1 Å². The SMILES string of the molecule is CCCc1cnc(C(Cc2cc[n+]([O-])cc2)c2ccccc2OC(F)F)s1. The second kappa shape index (κ2) is 8.90. The molecule has 0 aliphatic carbocycles. The third-order valence-corrected chi connectivity index (χ3v) is 5.36. The van der Waals surface area contributed by atoms with Crippen LogP contribution in [0.5, 0.6) is 5.75 Å². The van der Waals surface area contributed by atoms with E-state index in [1.54, 1.807) is 47.7 Å². The predicted octanol–water partition coefficient (Wildman–Crippen LogP) is 4.71. The minimum absolute atomic E-state index is 0.152. The number of thiazole rings is 1. The monoisotopic (exact) mass is 390 g/mol. The molecule has 2 aromatic heterocycles. The van der Waals surface area contributed by atoms with Crippen LogP contribution < -0.4 is 9.47 Å². The highest BCUT2D eigenvalue weighted by atomic mass is 32.1. The first-order chi connectivity index (χ1) is 13.1. The molecule has 7 heteroatoms. The van der Waals surface area contributed by atoms with Gasteiger partial charge in [-0.05, 0) is 24.5 Å². The number of alkyl halides is 2. The van der Waals surface area contributed by atoms with Crippen molar-refractivity contribution in [1.29, 1.82) is 0 Å². The van der Waals surface area contributed by atoms with Gasteiger partial charge in [0.05, 0.1) is 0 Å². The van der Waals surface area contributed by atoms with E-state index in [9.17, 15) is 14.0 Å². The van der Waals surface area contributed by atoms with Crippen molar-refractivity contribution in [2.75, 3.05) is 0 Å². The van der Waals surface area contributed by atoms with Gasteiger partial charge in [-0.3, -0.25) is 0 Å². The number of hydrogen-bond donors (Lipinski definition) is 0. The first kappa shape index (κ1) is 19.2. The molecule has 1 atom stereocenters. The van der Waals surface area contributed by atoms with E-state index in [0.29, 0.717) is 12.0 Å². The molecule has 0 amide bonds. The van der Waals surface area contributed by atoms with Crippen LogP contribution in [0.25, 0.3) is 0 Å². The van der Waals surface area contributed by atoms with E-state index in [1.165, 1.54) is 12.4 Å². The number of ether oxygens (including phenoxy) is 1. The molecule has 0 aliphatic rings. The molecule has 3 rings (SSSR count). The van der Waals surface area contributed by atoms with Gasteiger partial charge < -0.3 is 9.94 Å². The third-order valence-electron chi connectivity index (χ3n) is 4.19. The summed E-state index contributed by atoms with van der Waals surface area (Å²) in [5, 5.41) is 12.2. The van der Waals surface area contributed by atoms with Gasteiger partial charge in [-0.1, -0.05) is 31.5 Å². The minimum atomic E-state index is -2.89. The van der Waals surface area contributed by atoms with Crippen molar-refractivity contribution in [3.63, 3.8) is 0 Å². The molecule has 0 saturated heterocycles. The summed E-state index contributed by atoms with van der Waals surface area (Å²) in [5.74, 6) is -0.0855. The average molecular weight is 390 g/mol. The molecule has 1 aromatic carbocycles. The summed E-state index contributed by atoms with van der Waals surface area (Å²) in [4.78, 5) is 5.72. The van der Waals surface area contributed by atoms with Gasteiger partial charge >= 0.3 is 6.61 Å². The Balaban J connectivity index is 2.00. The average Bonchev–Trinajstić information content (AvgIpc) is 3.10. The van der Waals surface area contributed by atoms with Gasteiger partial charge in [0.25, 0.3) is 0 Å². The molecule has 27 heavy (non-hydrogen) atoms. The molecule has 0 aliphatic heterocycles. The molecular weight excluding hydrogens is 370 g/mol. The normalized spacial score (nSPS) is 12.3. The van der Waals surface area contributed by atoms with Crippen LogP contribution in [0.4, 0.5) is 8.78 Å². The number of para-hydroxylation sites is 1. The van der Waals surface area contributed by atoms with E-state index in [0.717, 1.165) is 33.0 Å². The number of benzene rings is 1. The van der Waals surface area contributed by atoms with E-state index in [4.69, 9.17) is 4.74 Å². The minimum Gasteiger partial charge on any atom is -0.619 e. The number of halogens is 2. The molecule has 0 N–H and O–H groups in total. The highest BCUT2D eigenvalue weighted by Gasteiger charge is 2.23. The highest BCUT2D eigenvalue weighted by molar-refractivity contribution is 7.11. The molecule has 1 unspecified atom stereocenters. The van der Waals surface area contributed by atoms with Crippen molar-refractivity contribution in [3.8, 4) is 5.75 Å². The van der Waals surface area contributed by atoms with E-state index >= 15 is 0 Å². The summed E-state index contributed by atoms with van der Waals surface area (Å²) >= 11 is 1.59. The quantitative estimate of drug-likeness (QED) is 0.414. The van der Waals surface area contributed by atoms with E-state index in [1.807, 2.05) is 6.20 Å². The first-order valence-corrected chi connectivity index (χ1v) is 9.54. The fourth-order valence-electron chi connectivity index (χ4n) is 2.96. The van der Waals surface area contributed by atoms with Crippen molar-refractivity contribution in [3.05, 3.63) is 81.2 Å². The molecule has 3 aromatic rings. The molecule has 142 valence electrons. The molecule has 4 nitrogen and oxygen atoms in total. The van der Waals surface area contributed by atoms with E-state index < -0.39 is 6.61 Å². The van der Waals surface area contributed by atoms with Gasteiger partial charge in [-0.2, -0.15) is 13.5 Å². The van der Waals surface area contributed by atoms with Crippen LogP contribution in [-0.4, -0.2) is 11.6 Å². The number of aryl methyl sites for hydroxylation is 1. The Morgan fingerprint density at radius 2 is 1.93 bits per heavy atom. The Labute approximate surface area is 160 Å². The second-order valence-electron chi connectivity index (χ2n) is 6.15. The smallest absolute Gasteiger partial charge is 0.387 e. The fraction of sp³-hybridized carbons (Fsp3) is 0.300. The molecule has 0 spiro atoms. The molecule has 0 saturated carbocycles. The van der Waals surface area contributed by atoms with Crippen LogP contribution in [-0.2, 0) is 12.8 Å². The van der Waals surface area contributed by atoms with Gasteiger partial charge in [0.2, 0.25) is 0 Å². The number of rotatable bonds is 8. The molecule has 2 heterocycles. The van der Waals surface area contributed by atoms with Crippen LogP contribution in [0.2, 0.25) is 0 Å². The van der Waals surface area contributed by atoms with Gasteiger partial charge in [-0.25, -0.2) is 4.98 Å². The lowest BCUT2D eigenvalue weighted by atomic mass is 9.92. The lowest BCUT2D eigenvalue weighted by Crippen LogP contribution is -2.24. The van der Waals surface area contributed by atoms with Crippen molar-refractivity contribution in [2.24, 2.45) is 0 Å². The second-order valence-corrected chi connectivity index (χ2v) is 7.30. The van der Waals surface area contributed by atoms with E-state index in [-0.39, 0.29) is 11.7 Å². The van der Waals surface area contributed by atoms with Crippen molar-refractivity contribution < 1.29 is 18.2 Å². The van der Waals surface area contributed by atoms with Gasteiger partial charge in [-0.15, -0.1) is 11.3 Å². The summed E-state index contributed by atoms with van der Waals surface area (Å²) < 4.78 is 31.2. The molecule has 0 radical (unpaired) electrons. The lowest BCUT2D eigenvalue weighted by molar-refractivity contribution is -0.605. The lowest BCUT2D eigenvalue weighted by Gasteiger charge is -2.19. The molecule has 0 fully saturated rings. The number of pyridine rings is 1. The number of hydrogen-bond acceptors (Lipinski definition) is 4. The van der Waals surface area contributed by atoms with Crippen molar-refractivity contribution in [1.82, 2.24) is 4.98 Å². The van der Waals surface area contributed by atoms with Crippen molar-refractivity contribution >= 4 is 11.3 Å². The van der Waals surface area contributed by atoms with Crippen LogP contribution >= 0.6 is 11.3 Å². The largest absolute Gasteiger partial charge is 0.619 e.